The maximum Gasteiger partial charge on any atom is 0.227 e. The molecule has 9 rings (SSSR count). The van der Waals surface area contributed by atoms with Gasteiger partial charge in [0.1, 0.15) is 24.7 Å². The highest BCUT2D eigenvalue weighted by Gasteiger charge is 2.29. The Labute approximate surface area is 476 Å². The summed E-state index contributed by atoms with van der Waals surface area (Å²) >= 11 is 0. The number of fused-ring (bicyclic) bond motifs is 3. The van der Waals surface area contributed by atoms with Gasteiger partial charge in [-0.2, -0.15) is 0 Å². The molecule has 0 radical (unpaired) electrons. The third-order valence-corrected chi connectivity index (χ3v) is 14.1. The van der Waals surface area contributed by atoms with Crippen molar-refractivity contribution in [2.75, 3.05) is 124 Å². The van der Waals surface area contributed by atoms with Crippen LogP contribution in [-0.2, 0) is 51.1 Å². The number of anilines is 1. The van der Waals surface area contributed by atoms with Gasteiger partial charge in [0.05, 0.1) is 127 Å². The molecule has 3 aliphatic heterocycles. The van der Waals surface area contributed by atoms with Gasteiger partial charge in [-0.15, -0.1) is 0 Å². The minimum Gasteiger partial charge on any atom is -0.491 e. The van der Waals surface area contributed by atoms with Crippen molar-refractivity contribution >= 4 is 56.4 Å². The van der Waals surface area contributed by atoms with Crippen LogP contribution in [0.2, 0.25) is 0 Å². The predicted molar refractivity (Wildman–Crippen MR) is 317 cm³/mol. The first-order valence-electron chi connectivity index (χ1n) is 28.4. The minimum atomic E-state index is -0.535. The monoisotopic (exact) mass is 1110 g/mol. The number of ether oxygens (including phenoxy) is 8. The lowest BCUT2D eigenvalue weighted by atomic mass is 9.95. The first kappa shape index (κ1) is 61.7. The molecule has 0 saturated carbocycles. The maximum atomic E-state index is 14.1. The Bertz CT molecular complexity index is 3010. The third-order valence-electron chi connectivity index (χ3n) is 14.1. The molecule has 18 heteroatoms. The highest BCUT2D eigenvalue weighted by Crippen LogP contribution is 2.39. The number of para-hydroxylation sites is 2. The van der Waals surface area contributed by atoms with E-state index in [0.29, 0.717) is 120 Å². The van der Waals surface area contributed by atoms with Crippen LogP contribution in [0.1, 0.15) is 84.3 Å². The van der Waals surface area contributed by atoms with Crippen LogP contribution in [0.3, 0.4) is 0 Å². The number of aromatic nitrogens is 1. The molecule has 0 bridgehead atoms. The molecule has 436 valence electrons. The summed E-state index contributed by atoms with van der Waals surface area (Å²) in [5, 5.41) is 4.30. The first-order chi connectivity index (χ1) is 39.5. The molecule has 6 aromatic rings. The number of primary amides is 1. The summed E-state index contributed by atoms with van der Waals surface area (Å²) in [4.78, 5) is 42.8. The number of likely N-dealkylation sites (N-methyl/N-ethyl adjacent to an activating group) is 1. The molecule has 1 fully saturated rings. The average Bonchev–Trinajstić information content (AvgIpc) is 4.07. The van der Waals surface area contributed by atoms with E-state index in [1.165, 1.54) is 19.3 Å². The highest BCUT2D eigenvalue weighted by atomic mass is 16.6. The van der Waals surface area contributed by atoms with Gasteiger partial charge in [0.2, 0.25) is 11.8 Å². The zero-order valence-electron chi connectivity index (χ0n) is 47.8. The lowest BCUT2D eigenvalue weighted by molar-refractivity contribution is -0.123. The number of amides is 2. The molecule has 4 heterocycles. The molecule has 6 N–H and O–H groups in total. The van der Waals surface area contributed by atoms with Gasteiger partial charge in [0, 0.05) is 53.7 Å². The van der Waals surface area contributed by atoms with Gasteiger partial charge in [0.25, 0.3) is 0 Å². The SMILES string of the molecule is CCCCC.CN1CCOCC1.Cc1c(C(=O)c2cccc3cc(OCCOCCOCCOCCOCCOCCN(N)/C4=C(\N)c5ccccc5N(C(=O)CCC(N)=O)Cc5ccccc54)ccc23)c2cccc3c2n1CCO3. The number of hydrazine groups is 1. The number of morpholine rings is 1. The third kappa shape index (κ3) is 17.3. The van der Waals surface area contributed by atoms with E-state index in [-0.39, 0.29) is 31.1 Å². The molecule has 0 spiro atoms. The van der Waals surface area contributed by atoms with Crippen molar-refractivity contribution in [1.82, 2.24) is 14.5 Å². The van der Waals surface area contributed by atoms with Gasteiger partial charge in [-0.05, 0) is 60.6 Å². The molecule has 81 heavy (non-hydrogen) atoms. The summed E-state index contributed by atoms with van der Waals surface area (Å²) in [7, 11) is 2.11. The summed E-state index contributed by atoms with van der Waals surface area (Å²) in [5.41, 5.74) is 19.5. The minimum absolute atomic E-state index is 0.00280. The molecule has 0 aliphatic carbocycles. The van der Waals surface area contributed by atoms with E-state index in [2.05, 4.69) is 30.4 Å². The first-order valence-corrected chi connectivity index (χ1v) is 28.4. The molecule has 2 amide bonds. The maximum absolute atomic E-state index is 14.1. The van der Waals surface area contributed by atoms with Crippen LogP contribution in [0.4, 0.5) is 5.69 Å². The van der Waals surface area contributed by atoms with Crippen LogP contribution in [0.5, 0.6) is 11.5 Å². The van der Waals surface area contributed by atoms with Crippen LogP contribution in [0.25, 0.3) is 33.1 Å². The number of nitrogens with zero attached hydrogens (tertiary/aromatic N) is 4. The Balaban J connectivity index is 0.000000705. The van der Waals surface area contributed by atoms with Crippen LogP contribution in [0, 0.1) is 6.92 Å². The largest absolute Gasteiger partial charge is 0.491 e. The van der Waals surface area contributed by atoms with E-state index in [1.54, 1.807) is 9.91 Å². The molecule has 5 aromatic carbocycles. The molecule has 0 unspecified atom stereocenters. The number of benzene rings is 5. The molecule has 3 aliphatic rings. The number of ketones is 1. The van der Waals surface area contributed by atoms with Crippen LogP contribution in [-0.4, -0.2) is 151 Å². The van der Waals surface area contributed by atoms with E-state index in [1.807, 2.05) is 110 Å². The molecule has 18 nitrogen and oxygen atoms in total. The van der Waals surface area contributed by atoms with E-state index < -0.39 is 5.91 Å². The topological polar surface area (TPSA) is 218 Å². The van der Waals surface area contributed by atoms with Gasteiger partial charge in [-0.25, -0.2) is 5.84 Å². The quantitative estimate of drug-likeness (QED) is 0.0192. The van der Waals surface area contributed by atoms with Crippen LogP contribution in [0.15, 0.2) is 103 Å². The number of hydrogen-bond acceptors (Lipinski definition) is 15. The van der Waals surface area contributed by atoms with E-state index in [0.717, 1.165) is 82.7 Å². The van der Waals surface area contributed by atoms with E-state index in [4.69, 9.17) is 55.2 Å². The average molecular weight is 1110 g/mol. The van der Waals surface area contributed by atoms with Crippen molar-refractivity contribution in [2.45, 2.75) is 66.0 Å². The van der Waals surface area contributed by atoms with Gasteiger partial charge >= 0.3 is 0 Å². The normalized spacial score (nSPS) is 14.8. The van der Waals surface area contributed by atoms with E-state index >= 15 is 0 Å². The second-order valence-corrected chi connectivity index (χ2v) is 19.9. The van der Waals surface area contributed by atoms with E-state index in [9.17, 15) is 14.4 Å². The molecular formula is C63H83N7O11. The number of hydrogen-bond donors (Lipinski definition) is 3. The number of carbonyl (C=O) groups is 3. The fourth-order valence-electron chi connectivity index (χ4n) is 9.85. The lowest BCUT2D eigenvalue weighted by Gasteiger charge is -2.33. The smallest absolute Gasteiger partial charge is 0.227 e. The zero-order chi connectivity index (χ0) is 57.3. The summed E-state index contributed by atoms with van der Waals surface area (Å²) in [6, 6.07) is 32.5. The Morgan fingerprint density at radius 3 is 1.94 bits per heavy atom. The summed E-state index contributed by atoms with van der Waals surface area (Å²) in [5.74, 6) is 7.41. The molecular weight excluding hydrogens is 1030 g/mol. The fourth-order valence-corrected chi connectivity index (χ4v) is 9.85. The van der Waals surface area contributed by atoms with Crippen LogP contribution >= 0.6 is 0 Å². The second kappa shape index (κ2) is 32.5. The second-order valence-electron chi connectivity index (χ2n) is 19.9. The number of unbranched alkanes of at least 4 members (excludes halogenated alkanes) is 2. The Morgan fingerprint density at radius 2 is 1.30 bits per heavy atom. The standard InChI is InChI=1S/C53H60N6O10.C5H11NO.C5H12/c1-36-49(44-13-7-15-46-51(44)57(36)20-23-69-46)53(62)42-12-6-9-37-34-39(16-17-40(37)42)68-33-32-67-31-30-66-29-28-65-27-26-64-25-24-63-22-21-59(56)52-41-10-3-2-8-38(41)35-58(48(61)19-18-47(54)60)45-14-5-4-11-43(45)50(52)55;1-6-2-4-7-5-3-6;1-3-5-4-2/h2-17,34H,18-33,35,55-56H2,1H3,(H2,54,60);2-5H2,1H3;3-5H2,1-2H3/b52-50-;;. The van der Waals surface area contributed by atoms with Gasteiger partial charge in [-0.3, -0.25) is 14.4 Å². The predicted octanol–water partition coefficient (Wildman–Crippen LogP) is 8.11. The van der Waals surface area contributed by atoms with Crippen molar-refractivity contribution in [2.24, 2.45) is 17.3 Å². The lowest BCUT2D eigenvalue weighted by Crippen LogP contribution is -2.37. The van der Waals surface area contributed by atoms with Gasteiger partial charge in [-0.1, -0.05) is 106 Å². The van der Waals surface area contributed by atoms with Crippen molar-refractivity contribution < 1.29 is 52.3 Å². The molecule has 1 aromatic heterocycles. The fraction of sp³-hybridized carbons (Fsp3) is 0.444. The summed E-state index contributed by atoms with van der Waals surface area (Å²) in [6.45, 7) is 16.8. The van der Waals surface area contributed by atoms with Crippen LogP contribution < -0.4 is 31.7 Å². The Kier molecular flexibility index (Phi) is 24.8. The molecule has 1 saturated heterocycles. The van der Waals surface area contributed by atoms with Crippen molar-refractivity contribution in [3.8, 4) is 11.5 Å². The van der Waals surface area contributed by atoms with Gasteiger partial charge in [0.15, 0.2) is 5.78 Å². The van der Waals surface area contributed by atoms with Gasteiger partial charge < -0.3 is 68.7 Å². The Hall–Kier alpha value is -6.87. The zero-order valence-corrected chi connectivity index (χ0v) is 47.8. The molecule has 0 atom stereocenters. The Morgan fingerprint density at radius 1 is 0.667 bits per heavy atom. The number of carbonyl (C=O) groups excluding carboxylic acids is 3. The number of nitrogens with two attached hydrogens (primary N) is 3. The van der Waals surface area contributed by atoms with Crippen molar-refractivity contribution in [1.29, 1.82) is 0 Å². The summed E-state index contributed by atoms with van der Waals surface area (Å²) in [6.07, 6.45) is 4.02. The summed E-state index contributed by atoms with van der Waals surface area (Å²) < 4.78 is 47.6. The van der Waals surface area contributed by atoms with Crippen molar-refractivity contribution in [3.63, 3.8) is 0 Å². The highest BCUT2D eigenvalue weighted by molar-refractivity contribution is 6.22. The number of rotatable bonds is 27. The van der Waals surface area contributed by atoms with Crippen molar-refractivity contribution in [3.05, 3.63) is 137 Å².